The van der Waals surface area contributed by atoms with Gasteiger partial charge in [0, 0.05) is 11.6 Å². The molecule has 2 aromatic carbocycles. The molecule has 102 valence electrons. The van der Waals surface area contributed by atoms with E-state index in [0.29, 0.717) is 5.75 Å². The number of esters is 1. The number of benzene rings is 2. The molecule has 0 saturated heterocycles. The van der Waals surface area contributed by atoms with Crippen molar-refractivity contribution in [3.05, 3.63) is 66.2 Å². The van der Waals surface area contributed by atoms with Crippen LogP contribution in [0.4, 0.5) is 0 Å². The second kappa shape index (κ2) is 6.17. The number of aliphatic hydroxyl groups is 1. The average molecular weight is 268 g/mol. The van der Waals surface area contributed by atoms with Gasteiger partial charge in [-0.25, -0.2) is 4.79 Å². The van der Waals surface area contributed by atoms with Crippen molar-refractivity contribution in [2.45, 2.75) is 13.5 Å². The number of ether oxygens (including phenoxy) is 1. The van der Waals surface area contributed by atoms with Gasteiger partial charge in [-0.2, -0.15) is 0 Å². The molecule has 3 nitrogen and oxygen atoms in total. The minimum atomic E-state index is -0.483. The SMILES string of the molecule is C=CC(=O)Oc1cc(C)ccc1-c1ccc(CO)cc1. The first-order valence-electron chi connectivity index (χ1n) is 6.29. The first-order chi connectivity index (χ1) is 9.63. The van der Waals surface area contributed by atoms with Crippen molar-refractivity contribution in [3.8, 4) is 16.9 Å². The summed E-state index contributed by atoms with van der Waals surface area (Å²) in [5.74, 6) is 0.0236. The Hall–Kier alpha value is -2.39. The molecule has 0 fully saturated rings. The molecular formula is C17H16O3. The van der Waals surface area contributed by atoms with E-state index in [4.69, 9.17) is 9.84 Å². The van der Waals surface area contributed by atoms with Crippen LogP contribution in [0.1, 0.15) is 11.1 Å². The third-order valence-corrected chi connectivity index (χ3v) is 2.96. The maximum atomic E-state index is 11.4. The van der Waals surface area contributed by atoms with Crippen LogP contribution in [0.15, 0.2) is 55.1 Å². The molecule has 2 rings (SSSR count). The molecule has 2 aromatic rings. The zero-order valence-electron chi connectivity index (χ0n) is 11.3. The fraction of sp³-hybridized carbons (Fsp3) is 0.118. The van der Waals surface area contributed by atoms with Crippen LogP contribution in [0.2, 0.25) is 0 Å². The lowest BCUT2D eigenvalue weighted by molar-refractivity contribution is -0.128. The summed E-state index contributed by atoms with van der Waals surface area (Å²) in [5.41, 5.74) is 3.60. The van der Waals surface area contributed by atoms with E-state index in [1.54, 1.807) is 0 Å². The number of carbonyl (C=O) groups excluding carboxylic acids is 1. The molecule has 0 aliphatic carbocycles. The highest BCUT2D eigenvalue weighted by molar-refractivity contribution is 5.85. The third-order valence-electron chi connectivity index (χ3n) is 2.96. The van der Waals surface area contributed by atoms with Gasteiger partial charge < -0.3 is 9.84 Å². The Morgan fingerprint density at radius 2 is 1.95 bits per heavy atom. The lowest BCUT2D eigenvalue weighted by atomic mass is 10.0. The summed E-state index contributed by atoms with van der Waals surface area (Å²) >= 11 is 0. The van der Waals surface area contributed by atoms with Gasteiger partial charge in [0.2, 0.25) is 0 Å². The zero-order chi connectivity index (χ0) is 14.5. The molecule has 0 atom stereocenters. The van der Waals surface area contributed by atoms with Crippen molar-refractivity contribution < 1.29 is 14.6 Å². The van der Waals surface area contributed by atoms with Crippen molar-refractivity contribution in [2.75, 3.05) is 0 Å². The summed E-state index contributed by atoms with van der Waals surface area (Å²) in [7, 11) is 0. The molecule has 0 aliphatic heterocycles. The first kappa shape index (κ1) is 14.0. The highest BCUT2D eigenvalue weighted by Crippen LogP contribution is 2.31. The molecule has 0 radical (unpaired) electrons. The second-order valence-electron chi connectivity index (χ2n) is 4.48. The van der Waals surface area contributed by atoms with E-state index in [9.17, 15) is 4.79 Å². The van der Waals surface area contributed by atoms with Crippen molar-refractivity contribution >= 4 is 5.97 Å². The Morgan fingerprint density at radius 3 is 2.55 bits per heavy atom. The Bertz CT molecular complexity index is 627. The number of rotatable bonds is 4. The van der Waals surface area contributed by atoms with Gasteiger partial charge in [-0.05, 0) is 29.7 Å². The van der Waals surface area contributed by atoms with E-state index in [1.165, 1.54) is 0 Å². The monoisotopic (exact) mass is 268 g/mol. The smallest absolute Gasteiger partial charge is 0.335 e. The number of hydrogen-bond donors (Lipinski definition) is 1. The highest BCUT2D eigenvalue weighted by Gasteiger charge is 2.09. The van der Waals surface area contributed by atoms with Gasteiger partial charge >= 0.3 is 5.97 Å². The molecular weight excluding hydrogens is 252 g/mol. The van der Waals surface area contributed by atoms with Gasteiger partial charge in [0.1, 0.15) is 5.75 Å². The summed E-state index contributed by atoms with van der Waals surface area (Å²) in [4.78, 5) is 11.4. The normalized spacial score (nSPS) is 10.1. The fourth-order valence-corrected chi connectivity index (χ4v) is 1.89. The predicted molar refractivity (Wildman–Crippen MR) is 78.4 cm³/mol. The number of hydrogen-bond acceptors (Lipinski definition) is 3. The molecule has 0 unspecified atom stereocenters. The van der Waals surface area contributed by atoms with Crippen molar-refractivity contribution in [1.29, 1.82) is 0 Å². The van der Waals surface area contributed by atoms with E-state index in [2.05, 4.69) is 6.58 Å². The van der Waals surface area contributed by atoms with Gasteiger partial charge in [0.25, 0.3) is 0 Å². The van der Waals surface area contributed by atoms with Crippen LogP contribution >= 0.6 is 0 Å². The molecule has 0 amide bonds. The number of carbonyl (C=O) groups is 1. The standard InChI is InChI=1S/C17H16O3/c1-3-17(19)20-16-10-12(2)4-9-15(16)14-7-5-13(11-18)6-8-14/h3-10,18H,1,11H2,2H3. The van der Waals surface area contributed by atoms with Gasteiger partial charge in [-0.1, -0.05) is 43.0 Å². The summed E-state index contributed by atoms with van der Waals surface area (Å²) in [6, 6.07) is 13.2. The minimum absolute atomic E-state index is 0.00643. The van der Waals surface area contributed by atoms with Crippen LogP contribution in [-0.2, 0) is 11.4 Å². The lowest BCUT2D eigenvalue weighted by Crippen LogP contribution is -2.04. The zero-order valence-corrected chi connectivity index (χ0v) is 11.3. The van der Waals surface area contributed by atoms with E-state index >= 15 is 0 Å². The molecule has 1 N–H and O–H groups in total. The Balaban J connectivity index is 2.43. The molecule has 0 bridgehead atoms. The highest BCUT2D eigenvalue weighted by atomic mass is 16.5. The molecule has 0 spiro atoms. The van der Waals surface area contributed by atoms with E-state index in [-0.39, 0.29) is 6.61 Å². The maximum Gasteiger partial charge on any atom is 0.335 e. The predicted octanol–water partition coefficient (Wildman–Crippen LogP) is 3.25. The maximum absolute atomic E-state index is 11.4. The first-order valence-corrected chi connectivity index (χ1v) is 6.29. The van der Waals surface area contributed by atoms with E-state index in [0.717, 1.165) is 28.3 Å². The molecule has 0 heterocycles. The minimum Gasteiger partial charge on any atom is -0.423 e. The van der Waals surface area contributed by atoms with Crippen LogP contribution < -0.4 is 4.74 Å². The quantitative estimate of drug-likeness (QED) is 0.526. The van der Waals surface area contributed by atoms with Crippen LogP contribution in [0, 0.1) is 6.92 Å². The van der Waals surface area contributed by atoms with Gasteiger partial charge in [-0.15, -0.1) is 0 Å². The largest absolute Gasteiger partial charge is 0.423 e. The fourth-order valence-electron chi connectivity index (χ4n) is 1.89. The summed E-state index contributed by atoms with van der Waals surface area (Å²) < 4.78 is 5.28. The van der Waals surface area contributed by atoms with Crippen molar-refractivity contribution in [3.63, 3.8) is 0 Å². The lowest BCUT2D eigenvalue weighted by Gasteiger charge is -2.10. The van der Waals surface area contributed by atoms with Crippen LogP contribution in [0.5, 0.6) is 5.75 Å². The average Bonchev–Trinajstić information content (AvgIpc) is 2.47. The van der Waals surface area contributed by atoms with Crippen LogP contribution in [0.3, 0.4) is 0 Å². The molecule has 0 aliphatic rings. The number of aryl methyl sites for hydroxylation is 1. The Morgan fingerprint density at radius 1 is 1.25 bits per heavy atom. The second-order valence-corrected chi connectivity index (χ2v) is 4.48. The van der Waals surface area contributed by atoms with Gasteiger partial charge in [-0.3, -0.25) is 0 Å². The van der Waals surface area contributed by atoms with E-state index < -0.39 is 5.97 Å². The van der Waals surface area contributed by atoms with Gasteiger partial charge in [0.05, 0.1) is 6.61 Å². The summed E-state index contributed by atoms with van der Waals surface area (Å²) in [6.45, 7) is 5.34. The molecule has 20 heavy (non-hydrogen) atoms. The molecule has 0 aromatic heterocycles. The van der Waals surface area contributed by atoms with Crippen molar-refractivity contribution in [1.82, 2.24) is 0 Å². The Kier molecular flexibility index (Phi) is 4.33. The Labute approximate surface area is 118 Å². The summed E-state index contributed by atoms with van der Waals surface area (Å²) in [5, 5.41) is 9.06. The van der Waals surface area contributed by atoms with Gasteiger partial charge in [0.15, 0.2) is 0 Å². The van der Waals surface area contributed by atoms with Crippen LogP contribution in [0.25, 0.3) is 11.1 Å². The number of aliphatic hydroxyl groups excluding tert-OH is 1. The third kappa shape index (κ3) is 3.13. The van der Waals surface area contributed by atoms with Crippen molar-refractivity contribution in [2.24, 2.45) is 0 Å². The molecule has 0 saturated carbocycles. The summed E-state index contributed by atoms with van der Waals surface area (Å²) in [6.07, 6.45) is 1.14. The van der Waals surface area contributed by atoms with E-state index in [1.807, 2.05) is 49.4 Å². The molecule has 3 heteroatoms. The topological polar surface area (TPSA) is 46.5 Å². The van der Waals surface area contributed by atoms with Crippen LogP contribution in [-0.4, -0.2) is 11.1 Å².